The number of aliphatic hydroxyl groups excluding tert-OH is 1. The highest BCUT2D eigenvalue weighted by molar-refractivity contribution is 9.10. The molecule has 0 aliphatic heterocycles. The van der Waals surface area contributed by atoms with Crippen LogP contribution in [0.2, 0.25) is 0 Å². The van der Waals surface area contributed by atoms with E-state index in [2.05, 4.69) is 21.0 Å². The van der Waals surface area contributed by atoms with E-state index in [0.29, 0.717) is 23.3 Å². The molecule has 0 aliphatic rings. The molecular weight excluding hydrogens is 327 g/mol. The molecule has 0 saturated heterocycles. The Morgan fingerprint density at radius 3 is 2.90 bits per heavy atom. The molecule has 1 aromatic carbocycles. The summed E-state index contributed by atoms with van der Waals surface area (Å²) < 4.78 is 21.2. The van der Waals surface area contributed by atoms with E-state index in [1.54, 1.807) is 37.0 Å². The third kappa shape index (κ3) is 3.08. The van der Waals surface area contributed by atoms with Gasteiger partial charge in [-0.25, -0.2) is 4.39 Å². The minimum atomic E-state index is -1.08. The molecule has 0 amide bonds. The van der Waals surface area contributed by atoms with Gasteiger partial charge >= 0.3 is 0 Å². The number of methoxy groups -OCH3 is 1. The average molecular weight is 343 g/mol. The number of aryl methyl sites for hydroxylation is 1. The number of rotatable bonds is 5. The van der Waals surface area contributed by atoms with Crippen LogP contribution in [0.25, 0.3) is 0 Å². The smallest absolute Gasteiger partial charge is 0.129 e. The molecule has 0 radical (unpaired) electrons. The van der Waals surface area contributed by atoms with Crippen molar-refractivity contribution in [2.24, 2.45) is 0 Å². The van der Waals surface area contributed by atoms with Crippen molar-refractivity contribution in [1.29, 1.82) is 0 Å². The molecule has 108 valence electrons. The summed E-state index contributed by atoms with van der Waals surface area (Å²) in [6.45, 7) is 2.75. The molecule has 6 heteroatoms. The van der Waals surface area contributed by atoms with Gasteiger partial charge in [-0.05, 0) is 34.5 Å². The Kier molecular flexibility index (Phi) is 4.91. The molecule has 0 saturated carbocycles. The number of halogens is 2. The van der Waals surface area contributed by atoms with Crippen LogP contribution in [0.4, 0.5) is 4.39 Å². The number of ether oxygens (including phenoxy) is 1. The summed E-state index contributed by atoms with van der Waals surface area (Å²) >= 11 is 3.34. The second kappa shape index (κ2) is 6.47. The van der Waals surface area contributed by atoms with E-state index >= 15 is 0 Å². The number of nitrogens with zero attached hydrogens (tertiary/aromatic N) is 2. The third-order valence-electron chi connectivity index (χ3n) is 3.05. The Morgan fingerprint density at radius 1 is 1.50 bits per heavy atom. The van der Waals surface area contributed by atoms with Crippen LogP contribution in [-0.4, -0.2) is 28.6 Å². The largest absolute Gasteiger partial charge is 0.383 e. The minimum absolute atomic E-state index is 0.232. The topological polar surface area (TPSA) is 47.3 Å². The molecular formula is C14H16BrFN2O2. The first-order chi connectivity index (χ1) is 9.54. The van der Waals surface area contributed by atoms with Crippen molar-refractivity contribution in [2.45, 2.75) is 19.6 Å². The molecule has 4 nitrogen and oxygen atoms in total. The standard InChI is InChI=1S/C14H16BrFN2O2/c1-9-3-4-10(12(16)7-9)14(19)13-11(15)8-17-18(13)5-6-20-2/h3-4,7-8,14,19H,5-6H2,1-2H3. The third-order valence-corrected chi connectivity index (χ3v) is 3.66. The van der Waals surface area contributed by atoms with Gasteiger partial charge < -0.3 is 9.84 Å². The zero-order valence-corrected chi connectivity index (χ0v) is 12.9. The van der Waals surface area contributed by atoms with Crippen LogP contribution in [0.15, 0.2) is 28.9 Å². The Hall–Kier alpha value is -1.24. The number of hydrogen-bond acceptors (Lipinski definition) is 3. The summed E-state index contributed by atoms with van der Waals surface area (Å²) in [7, 11) is 1.59. The summed E-state index contributed by atoms with van der Waals surface area (Å²) in [6, 6.07) is 4.77. The lowest BCUT2D eigenvalue weighted by Gasteiger charge is -2.15. The second-order valence-electron chi connectivity index (χ2n) is 4.52. The van der Waals surface area contributed by atoms with E-state index in [1.165, 1.54) is 6.07 Å². The Labute approximate surface area is 125 Å². The maximum absolute atomic E-state index is 14.0. The first-order valence-electron chi connectivity index (χ1n) is 6.19. The molecule has 1 unspecified atom stereocenters. The fourth-order valence-corrected chi connectivity index (χ4v) is 2.51. The van der Waals surface area contributed by atoms with E-state index < -0.39 is 11.9 Å². The van der Waals surface area contributed by atoms with Crippen molar-refractivity contribution in [1.82, 2.24) is 9.78 Å². The van der Waals surface area contributed by atoms with Gasteiger partial charge in [0.15, 0.2) is 0 Å². The minimum Gasteiger partial charge on any atom is -0.383 e. The molecule has 1 aromatic heterocycles. The second-order valence-corrected chi connectivity index (χ2v) is 5.38. The molecule has 0 fully saturated rings. The van der Waals surface area contributed by atoms with Crippen LogP contribution >= 0.6 is 15.9 Å². The van der Waals surface area contributed by atoms with Gasteiger partial charge in [-0.2, -0.15) is 5.10 Å². The van der Waals surface area contributed by atoms with Crippen LogP contribution in [0.1, 0.15) is 22.9 Å². The van der Waals surface area contributed by atoms with Gasteiger partial charge in [0, 0.05) is 12.7 Å². The number of benzene rings is 1. The number of aromatic nitrogens is 2. The molecule has 2 aromatic rings. The lowest BCUT2D eigenvalue weighted by atomic mass is 10.0. The molecule has 20 heavy (non-hydrogen) atoms. The molecule has 0 bridgehead atoms. The SMILES string of the molecule is COCCn1ncc(Br)c1C(O)c1ccc(C)cc1F. The van der Waals surface area contributed by atoms with Crippen molar-refractivity contribution < 1.29 is 14.2 Å². The predicted molar refractivity (Wildman–Crippen MR) is 77.0 cm³/mol. The van der Waals surface area contributed by atoms with Gasteiger partial charge in [-0.3, -0.25) is 4.68 Å². The molecule has 2 rings (SSSR count). The quantitative estimate of drug-likeness (QED) is 0.908. The Bertz CT molecular complexity index is 601. The van der Waals surface area contributed by atoms with E-state index in [4.69, 9.17) is 4.74 Å². The molecule has 1 N–H and O–H groups in total. The first-order valence-corrected chi connectivity index (χ1v) is 6.98. The Morgan fingerprint density at radius 2 is 2.25 bits per heavy atom. The van der Waals surface area contributed by atoms with E-state index in [-0.39, 0.29) is 5.56 Å². The highest BCUT2D eigenvalue weighted by Crippen LogP contribution is 2.30. The van der Waals surface area contributed by atoms with Crippen LogP contribution in [-0.2, 0) is 11.3 Å². The number of aliphatic hydroxyl groups is 1. The summed E-state index contributed by atoms with van der Waals surface area (Å²) in [4.78, 5) is 0. The zero-order chi connectivity index (χ0) is 14.7. The summed E-state index contributed by atoms with van der Waals surface area (Å²) in [5.74, 6) is -0.427. The summed E-state index contributed by atoms with van der Waals surface area (Å²) in [6.07, 6.45) is 0.504. The van der Waals surface area contributed by atoms with Gasteiger partial charge in [0.2, 0.25) is 0 Å². The fraction of sp³-hybridized carbons (Fsp3) is 0.357. The number of hydrogen-bond donors (Lipinski definition) is 1. The van der Waals surface area contributed by atoms with Crippen molar-refractivity contribution in [3.63, 3.8) is 0 Å². The van der Waals surface area contributed by atoms with Crippen molar-refractivity contribution in [3.8, 4) is 0 Å². The lowest BCUT2D eigenvalue weighted by Crippen LogP contribution is -2.14. The van der Waals surface area contributed by atoms with Crippen molar-refractivity contribution in [3.05, 3.63) is 51.5 Å². The van der Waals surface area contributed by atoms with Gasteiger partial charge in [-0.15, -0.1) is 0 Å². The molecule has 0 spiro atoms. The van der Waals surface area contributed by atoms with Crippen LogP contribution in [0.5, 0.6) is 0 Å². The van der Waals surface area contributed by atoms with E-state index in [1.807, 2.05) is 0 Å². The maximum atomic E-state index is 14.0. The van der Waals surface area contributed by atoms with Gasteiger partial charge in [-0.1, -0.05) is 12.1 Å². The Balaban J connectivity index is 2.37. The van der Waals surface area contributed by atoms with E-state index in [0.717, 1.165) is 5.56 Å². The molecule has 1 heterocycles. The van der Waals surface area contributed by atoms with Crippen molar-refractivity contribution >= 4 is 15.9 Å². The molecule has 1 atom stereocenters. The van der Waals surface area contributed by atoms with E-state index in [9.17, 15) is 9.50 Å². The predicted octanol–water partition coefficient (Wildman–Crippen LogP) is 2.82. The van der Waals surface area contributed by atoms with Gasteiger partial charge in [0.25, 0.3) is 0 Å². The van der Waals surface area contributed by atoms with Gasteiger partial charge in [0.1, 0.15) is 11.9 Å². The first kappa shape index (κ1) is 15.2. The average Bonchev–Trinajstić information content (AvgIpc) is 2.77. The van der Waals surface area contributed by atoms with Crippen molar-refractivity contribution in [2.75, 3.05) is 13.7 Å². The van der Waals surface area contributed by atoms with Crippen LogP contribution in [0.3, 0.4) is 0 Å². The zero-order valence-electron chi connectivity index (χ0n) is 11.3. The molecule has 0 aliphatic carbocycles. The fourth-order valence-electron chi connectivity index (χ4n) is 2.00. The van der Waals surface area contributed by atoms with Crippen LogP contribution in [0, 0.1) is 12.7 Å². The lowest BCUT2D eigenvalue weighted by molar-refractivity contribution is 0.169. The highest BCUT2D eigenvalue weighted by atomic mass is 79.9. The monoisotopic (exact) mass is 342 g/mol. The van der Waals surface area contributed by atoms with Gasteiger partial charge in [0.05, 0.1) is 29.5 Å². The highest BCUT2D eigenvalue weighted by Gasteiger charge is 2.22. The summed E-state index contributed by atoms with van der Waals surface area (Å²) in [5, 5.41) is 14.6. The maximum Gasteiger partial charge on any atom is 0.129 e. The summed E-state index contributed by atoms with van der Waals surface area (Å²) in [5.41, 5.74) is 1.56. The normalized spacial score (nSPS) is 12.7. The van der Waals surface area contributed by atoms with Crippen LogP contribution < -0.4 is 0 Å².